The molecule has 0 saturated heterocycles. The van der Waals surface area contributed by atoms with E-state index in [1.807, 2.05) is 13.8 Å². The van der Waals surface area contributed by atoms with Gasteiger partial charge in [-0.1, -0.05) is 60.3 Å². The van der Waals surface area contributed by atoms with E-state index in [9.17, 15) is 9.59 Å². The Hall–Kier alpha value is -0.680. The van der Waals surface area contributed by atoms with Gasteiger partial charge < -0.3 is 9.47 Å². The lowest BCUT2D eigenvalue weighted by atomic mass is 10.2. The van der Waals surface area contributed by atoms with Crippen molar-refractivity contribution in [1.29, 1.82) is 0 Å². The number of esters is 2. The molecule has 1 aromatic rings. The zero-order valence-electron chi connectivity index (χ0n) is 12.6. The molecular formula is C15H16Cl4O4. The molecule has 0 aliphatic heterocycles. The molecule has 1 aromatic carbocycles. The molecule has 0 atom stereocenters. The Morgan fingerprint density at radius 1 is 1.00 bits per heavy atom. The molecule has 0 aliphatic carbocycles. The second-order valence-corrected chi connectivity index (χ2v) is 6.74. The van der Waals surface area contributed by atoms with Crippen LogP contribution in [-0.4, -0.2) is 18.5 Å². The minimum Gasteiger partial charge on any atom is -0.465 e. The van der Waals surface area contributed by atoms with E-state index in [4.69, 9.17) is 55.9 Å². The second kappa shape index (κ2) is 9.58. The summed E-state index contributed by atoms with van der Waals surface area (Å²) in [5.41, 5.74) is 0. The van der Waals surface area contributed by atoms with E-state index in [1.54, 1.807) is 0 Å². The summed E-state index contributed by atoms with van der Waals surface area (Å²) in [6, 6.07) is 1.31. The largest absolute Gasteiger partial charge is 0.465 e. The van der Waals surface area contributed by atoms with Crippen molar-refractivity contribution >= 4 is 58.3 Å². The molecule has 0 fully saturated rings. The molecule has 0 aliphatic rings. The van der Waals surface area contributed by atoms with Gasteiger partial charge >= 0.3 is 11.9 Å². The van der Waals surface area contributed by atoms with E-state index in [-0.39, 0.29) is 50.6 Å². The number of carbonyl (C=O) groups excluding carboxylic acids is 2. The summed E-state index contributed by atoms with van der Waals surface area (Å²) in [6.07, 6.45) is 0.477. The molecule has 0 aromatic heterocycles. The average Bonchev–Trinajstić information content (AvgIpc) is 2.48. The summed E-state index contributed by atoms with van der Waals surface area (Å²) in [5.74, 6) is -0.607. The lowest BCUT2D eigenvalue weighted by Gasteiger charge is -2.10. The number of halogens is 4. The summed E-state index contributed by atoms with van der Waals surface area (Å²) in [4.78, 5) is 23.2. The minimum absolute atomic E-state index is 0.00533. The first-order chi connectivity index (χ1) is 10.7. The molecule has 0 N–H and O–H groups in total. The quantitative estimate of drug-likeness (QED) is 0.259. The van der Waals surface area contributed by atoms with Gasteiger partial charge in [-0.3, -0.25) is 9.59 Å². The summed E-state index contributed by atoms with van der Waals surface area (Å²) >= 11 is 23.5. The normalized spacial score (nSPS) is 10.7. The van der Waals surface area contributed by atoms with Crippen molar-refractivity contribution in [3.05, 3.63) is 26.2 Å². The molecule has 0 amide bonds. The van der Waals surface area contributed by atoms with Crippen LogP contribution in [-0.2, 0) is 14.3 Å². The van der Waals surface area contributed by atoms with E-state index >= 15 is 0 Å². The van der Waals surface area contributed by atoms with Crippen LogP contribution in [0.4, 0.5) is 0 Å². The van der Waals surface area contributed by atoms with Gasteiger partial charge in [0.2, 0.25) is 0 Å². The van der Waals surface area contributed by atoms with Crippen LogP contribution in [0.25, 0.3) is 0 Å². The van der Waals surface area contributed by atoms with E-state index in [0.717, 1.165) is 0 Å². The summed E-state index contributed by atoms with van der Waals surface area (Å²) in [6.45, 7) is 4.24. The molecule has 0 saturated carbocycles. The Morgan fingerprint density at radius 3 is 2.22 bits per heavy atom. The maximum absolute atomic E-state index is 11.8. The van der Waals surface area contributed by atoms with Gasteiger partial charge in [-0.15, -0.1) is 0 Å². The predicted octanol–water partition coefficient (Wildman–Crippen LogP) is 5.58. The zero-order valence-corrected chi connectivity index (χ0v) is 15.7. The van der Waals surface area contributed by atoms with E-state index in [1.165, 1.54) is 6.07 Å². The Kier molecular flexibility index (Phi) is 8.48. The Labute approximate surface area is 154 Å². The van der Waals surface area contributed by atoms with Gasteiger partial charge in [0, 0.05) is 18.9 Å². The lowest BCUT2D eigenvalue weighted by Crippen LogP contribution is -2.12. The molecule has 0 bridgehead atoms. The zero-order chi connectivity index (χ0) is 17.6. The van der Waals surface area contributed by atoms with Crippen molar-refractivity contribution in [2.45, 2.75) is 33.1 Å². The van der Waals surface area contributed by atoms with Crippen molar-refractivity contribution < 1.29 is 19.1 Å². The van der Waals surface area contributed by atoms with Gasteiger partial charge in [-0.2, -0.15) is 0 Å². The molecule has 0 unspecified atom stereocenters. The molecular weight excluding hydrogens is 386 g/mol. The van der Waals surface area contributed by atoms with Crippen LogP contribution in [0.15, 0.2) is 6.07 Å². The van der Waals surface area contributed by atoms with E-state index in [0.29, 0.717) is 13.0 Å². The van der Waals surface area contributed by atoms with E-state index < -0.39 is 5.97 Å². The number of ether oxygens (including phenoxy) is 2. The second-order valence-electron chi connectivity index (χ2n) is 5.20. The number of carbonyl (C=O) groups is 2. The van der Waals surface area contributed by atoms with Crippen molar-refractivity contribution in [2.24, 2.45) is 5.92 Å². The Bertz CT molecular complexity index is 587. The van der Waals surface area contributed by atoms with Crippen LogP contribution in [0.2, 0.25) is 20.1 Å². The molecule has 0 spiro atoms. The summed E-state index contributed by atoms with van der Waals surface area (Å²) in [5, 5.41) is 0.235. The third-order valence-electron chi connectivity index (χ3n) is 2.63. The maximum atomic E-state index is 11.8. The van der Waals surface area contributed by atoms with Crippen LogP contribution in [0.3, 0.4) is 0 Å². The fraction of sp³-hybridized carbons (Fsp3) is 0.467. The highest BCUT2D eigenvalue weighted by Gasteiger charge is 2.17. The van der Waals surface area contributed by atoms with Crippen molar-refractivity contribution in [2.75, 3.05) is 6.61 Å². The number of hydrogen-bond donors (Lipinski definition) is 0. The van der Waals surface area contributed by atoms with Crippen molar-refractivity contribution in [1.82, 2.24) is 0 Å². The van der Waals surface area contributed by atoms with Crippen molar-refractivity contribution in [3.8, 4) is 5.75 Å². The maximum Gasteiger partial charge on any atom is 0.311 e. The SMILES string of the molecule is CC(C)COC(=O)CCCC(=O)Oc1cc(Cl)c(Cl)c(Cl)c1Cl. The Balaban J connectivity index is 2.48. The first kappa shape index (κ1) is 20.4. The molecule has 4 nitrogen and oxygen atoms in total. The third kappa shape index (κ3) is 6.76. The number of hydrogen-bond acceptors (Lipinski definition) is 4. The third-order valence-corrected chi connectivity index (χ3v) is 4.37. The molecule has 0 radical (unpaired) electrons. The highest BCUT2D eigenvalue weighted by Crippen LogP contribution is 2.42. The van der Waals surface area contributed by atoms with Gasteiger partial charge in [-0.25, -0.2) is 0 Å². The standard InChI is InChI=1S/C15H16Cl4O4/c1-8(2)7-22-11(20)4-3-5-12(21)23-10-6-9(16)13(17)15(19)14(10)18/h6,8H,3-5,7H2,1-2H3. The molecule has 8 heteroatoms. The highest BCUT2D eigenvalue weighted by atomic mass is 35.5. The van der Waals surface area contributed by atoms with Gasteiger partial charge in [0.15, 0.2) is 5.75 Å². The first-order valence-electron chi connectivity index (χ1n) is 6.91. The van der Waals surface area contributed by atoms with Gasteiger partial charge in [0.1, 0.15) is 5.02 Å². The van der Waals surface area contributed by atoms with Gasteiger partial charge in [0.05, 0.1) is 21.7 Å². The lowest BCUT2D eigenvalue weighted by molar-refractivity contribution is -0.145. The van der Waals surface area contributed by atoms with Crippen molar-refractivity contribution in [3.63, 3.8) is 0 Å². The van der Waals surface area contributed by atoms with Crippen LogP contribution in [0, 0.1) is 5.92 Å². The fourth-order valence-electron chi connectivity index (χ4n) is 1.51. The molecule has 1 rings (SSSR count). The van der Waals surface area contributed by atoms with Gasteiger partial charge in [-0.05, 0) is 12.3 Å². The van der Waals surface area contributed by atoms with Crippen LogP contribution in [0.1, 0.15) is 33.1 Å². The molecule has 23 heavy (non-hydrogen) atoms. The van der Waals surface area contributed by atoms with Crippen LogP contribution < -0.4 is 4.74 Å². The van der Waals surface area contributed by atoms with Crippen LogP contribution in [0.5, 0.6) is 5.75 Å². The topological polar surface area (TPSA) is 52.6 Å². The highest BCUT2D eigenvalue weighted by molar-refractivity contribution is 6.52. The summed E-state index contributed by atoms with van der Waals surface area (Å²) in [7, 11) is 0. The summed E-state index contributed by atoms with van der Waals surface area (Å²) < 4.78 is 10.1. The fourth-order valence-corrected chi connectivity index (χ4v) is 2.33. The van der Waals surface area contributed by atoms with Crippen LogP contribution >= 0.6 is 46.4 Å². The first-order valence-corrected chi connectivity index (χ1v) is 8.42. The molecule has 0 heterocycles. The number of benzene rings is 1. The number of rotatable bonds is 7. The smallest absolute Gasteiger partial charge is 0.311 e. The van der Waals surface area contributed by atoms with Gasteiger partial charge in [0.25, 0.3) is 0 Å². The molecule has 128 valence electrons. The van der Waals surface area contributed by atoms with E-state index in [2.05, 4.69) is 0 Å². The monoisotopic (exact) mass is 400 g/mol. The average molecular weight is 402 g/mol. The predicted molar refractivity (Wildman–Crippen MR) is 91.8 cm³/mol. The minimum atomic E-state index is -0.557. The Morgan fingerprint density at radius 2 is 1.61 bits per heavy atom.